The average molecular weight is 418 g/mol. The fraction of sp³-hybridized carbons (Fsp3) is 0.444. The van der Waals surface area contributed by atoms with E-state index in [4.69, 9.17) is 24.4 Å². The molecular formula is C18H27NS5. The van der Waals surface area contributed by atoms with Crippen molar-refractivity contribution in [1.29, 1.82) is 0 Å². The van der Waals surface area contributed by atoms with Gasteiger partial charge in [-0.2, -0.15) is 0 Å². The maximum absolute atomic E-state index is 5.17. The number of nitrogens with zero attached hydrogens (tertiary/aromatic N) is 1. The van der Waals surface area contributed by atoms with E-state index in [0.29, 0.717) is 0 Å². The summed E-state index contributed by atoms with van der Waals surface area (Å²) in [5.74, 6) is 3.06. The van der Waals surface area contributed by atoms with Crippen LogP contribution in [0.5, 0.6) is 0 Å². The molecule has 1 aromatic rings. The highest BCUT2D eigenvalue weighted by Gasteiger charge is 1.99. The molecule has 0 spiro atoms. The summed E-state index contributed by atoms with van der Waals surface area (Å²) in [6.45, 7) is 5.83. The van der Waals surface area contributed by atoms with Crippen molar-refractivity contribution in [2.24, 2.45) is 0 Å². The van der Waals surface area contributed by atoms with E-state index in [1.807, 2.05) is 31.1 Å². The largest absolute Gasteiger partial charge is 0.364 e. The van der Waals surface area contributed by atoms with Crippen LogP contribution < -0.4 is 0 Å². The molecule has 0 N–H and O–H groups in total. The van der Waals surface area contributed by atoms with E-state index in [1.165, 1.54) is 24.2 Å². The van der Waals surface area contributed by atoms with Crippen molar-refractivity contribution >= 4 is 67.6 Å². The topological polar surface area (TPSA) is 3.24 Å². The zero-order valence-electron chi connectivity index (χ0n) is 14.7. The quantitative estimate of drug-likeness (QED) is 0.281. The van der Waals surface area contributed by atoms with Crippen LogP contribution >= 0.6 is 59.7 Å². The maximum atomic E-state index is 5.17. The third-order valence-electron chi connectivity index (χ3n) is 2.61. The van der Waals surface area contributed by atoms with Crippen LogP contribution in [-0.2, 0) is 5.75 Å². The van der Waals surface area contributed by atoms with E-state index in [2.05, 4.69) is 37.8 Å². The highest BCUT2D eigenvalue weighted by molar-refractivity contribution is 8.47. The number of hydrogen-bond acceptors (Lipinski definition) is 5. The molecule has 0 radical (unpaired) electrons. The van der Waals surface area contributed by atoms with Gasteiger partial charge in [-0.25, -0.2) is 0 Å². The van der Waals surface area contributed by atoms with Crippen molar-refractivity contribution in [3.8, 4) is 0 Å². The minimum Gasteiger partial charge on any atom is -0.364 e. The summed E-state index contributed by atoms with van der Waals surface area (Å²) in [6.07, 6.45) is 4.40. The molecule has 0 fully saturated rings. The lowest BCUT2D eigenvalue weighted by molar-refractivity contribution is 0.648. The van der Waals surface area contributed by atoms with Crippen LogP contribution in [0.25, 0.3) is 0 Å². The third-order valence-corrected chi connectivity index (χ3v) is 7.20. The normalized spacial score (nSPS) is 9.62. The molecule has 134 valence electrons. The van der Waals surface area contributed by atoms with E-state index in [-0.39, 0.29) is 0 Å². The summed E-state index contributed by atoms with van der Waals surface area (Å²) < 4.78 is 1.99. The summed E-state index contributed by atoms with van der Waals surface area (Å²) in [4.78, 5) is 1.96. The Kier molecular flexibility index (Phi) is 16.5. The predicted molar refractivity (Wildman–Crippen MR) is 127 cm³/mol. The predicted octanol–water partition coefficient (Wildman–Crippen LogP) is 6.49. The van der Waals surface area contributed by atoms with Crippen LogP contribution in [-0.4, -0.2) is 38.4 Å². The maximum Gasteiger partial charge on any atom is 0.136 e. The summed E-state index contributed by atoms with van der Waals surface area (Å²) in [5.41, 5.74) is 1.32. The van der Waals surface area contributed by atoms with E-state index in [0.717, 1.165) is 19.4 Å². The molecule has 0 amide bonds. The number of thiocarbonyl (C=S) groups is 2. The minimum atomic E-state index is 0.934. The van der Waals surface area contributed by atoms with Gasteiger partial charge in [-0.1, -0.05) is 86.0 Å². The van der Waals surface area contributed by atoms with Gasteiger partial charge in [0.05, 0.1) is 0 Å². The fourth-order valence-corrected chi connectivity index (χ4v) is 4.33. The van der Waals surface area contributed by atoms with Crippen molar-refractivity contribution in [2.75, 3.05) is 25.6 Å². The van der Waals surface area contributed by atoms with E-state index in [9.17, 15) is 0 Å². The van der Waals surface area contributed by atoms with Crippen LogP contribution in [0.4, 0.5) is 0 Å². The Morgan fingerprint density at radius 1 is 1.12 bits per heavy atom. The van der Waals surface area contributed by atoms with Gasteiger partial charge in [0.15, 0.2) is 0 Å². The number of thioether (sulfide) groups is 3. The first-order valence-electron chi connectivity index (χ1n) is 7.79. The van der Waals surface area contributed by atoms with E-state index >= 15 is 0 Å². The summed E-state index contributed by atoms with van der Waals surface area (Å²) in [6, 6.07) is 10.4. The Morgan fingerprint density at radius 3 is 2.33 bits per heavy atom. The molecule has 0 saturated carbocycles. The SMILES string of the molecule is C=CCSC(=S)SCCCC.CN(C)C(=S)SCc1ccccc1. The van der Waals surface area contributed by atoms with Gasteiger partial charge in [-0.05, 0) is 17.7 Å². The van der Waals surface area contributed by atoms with Gasteiger partial charge >= 0.3 is 0 Å². The van der Waals surface area contributed by atoms with E-state index < -0.39 is 0 Å². The van der Waals surface area contributed by atoms with Gasteiger partial charge in [0.2, 0.25) is 0 Å². The van der Waals surface area contributed by atoms with Crippen molar-refractivity contribution < 1.29 is 0 Å². The molecule has 6 heteroatoms. The van der Waals surface area contributed by atoms with Crippen LogP contribution in [0.15, 0.2) is 43.0 Å². The molecule has 0 heterocycles. The Bertz CT molecular complexity index is 474. The Labute approximate surface area is 171 Å². The molecule has 0 aliphatic rings. The second-order valence-electron chi connectivity index (χ2n) is 4.99. The lowest BCUT2D eigenvalue weighted by Gasteiger charge is -2.12. The first kappa shape index (κ1) is 24.0. The van der Waals surface area contributed by atoms with Crippen LogP contribution in [0, 0.1) is 0 Å². The van der Waals surface area contributed by atoms with E-state index in [1.54, 1.807) is 35.3 Å². The summed E-state index contributed by atoms with van der Waals surface area (Å²) >= 11 is 15.5. The zero-order valence-corrected chi connectivity index (χ0v) is 18.8. The smallest absolute Gasteiger partial charge is 0.136 e. The zero-order chi connectivity index (χ0) is 18.2. The van der Waals surface area contributed by atoms with Gasteiger partial charge in [-0.3, -0.25) is 0 Å². The average Bonchev–Trinajstić information content (AvgIpc) is 2.59. The molecule has 0 aliphatic carbocycles. The van der Waals surface area contributed by atoms with Crippen LogP contribution in [0.1, 0.15) is 25.3 Å². The van der Waals surface area contributed by atoms with Gasteiger partial charge < -0.3 is 4.90 Å². The Hall–Kier alpha value is -0.0100. The molecular weight excluding hydrogens is 391 g/mol. The minimum absolute atomic E-state index is 0.934. The molecule has 0 bridgehead atoms. The van der Waals surface area contributed by atoms with Crippen LogP contribution in [0.2, 0.25) is 0 Å². The van der Waals surface area contributed by atoms with Crippen molar-refractivity contribution in [2.45, 2.75) is 25.5 Å². The second-order valence-corrected chi connectivity index (χ2v) is 9.91. The number of hydrogen-bond donors (Lipinski definition) is 0. The Balaban J connectivity index is 0.000000449. The van der Waals surface area contributed by atoms with Gasteiger partial charge in [0, 0.05) is 25.6 Å². The third kappa shape index (κ3) is 14.3. The Morgan fingerprint density at radius 2 is 1.79 bits per heavy atom. The molecule has 0 saturated heterocycles. The monoisotopic (exact) mass is 417 g/mol. The summed E-state index contributed by atoms with van der Waals surface area (Å²) in [7, 11) is 3.95. The number of rotatable bonds is 7. The van der Waals surface area contributed by atoms with Gasteiger partial charge in [0.25, 0.3) is 0 Å². The molecule has 0 aromatic heterocycles. The van der Waals surface area contributed by atoms with Crippen molar-refractivity contribution in [3.63, 3.8) is 0 Å². The highest BCUT2D eigenvalue weighted by Crippen LogP contribution is 2.18. The van der Waals surface area contributed by atoms with Crippen molar-refractivity contribution in [3.05, 3.63) is 48.6 Å². The highest BCUT2D eigenvalue weighted by atomic mass is 32.2. The second kappa shape index (κ2) is 16.5. The first-order chi connectivity index (χ1) is 11.5. The number of unbranched alkanes of at least 4 members (excludes halogenated alkanes) is 1. The fourth-order valence-electron chi connectivity index (χ4n) is 1.32. The standard InChI is InChI=1S/C10H13NS2.C8H14S3/c1-11(2)10(12)13-8-9-6-4-3-5-7-9;1-3-5-7-11-8(9)10-6-4-2/h3-7H,8H2,1-2H3;4H,2-3,5-7H2,1H3. The molecule has 0 atom stereocenters. The number of benzene rings is 1. The van der Waals surface area contributed by atoms with Crippen molar-refractivity contribution in [1.82, 2.24) is 4.90 Å². The van der Waals surface area contributed by atoms with Crippen LogP contribution in [0.3, 0.4) is 0 Å². The first-order valence-corrected chi connectivity index (χ1v) is 11.6. The molecule has 1 nitrogen and oxygen atoms in total. The lowest BCUT2D eigenvalue weighted by Crippen LogP contribution is -2.16. The molecule has 24 heavy (non-hydrogen) atoms. The molecule has 1 aromatic carbocycles. The van der Waals surface area contributed by atoms with Gasteiger partial charge in [0.1, 0.15) is 7.85 Å². The molecule has 0 unspecified atom stereocenters. The molecule has 0 aliphatic heterocycles. The lowest BCUT2D eigenvalue weighted by atomic mass is 10.2. The molecule has 1 rings (SSSR count). The van der Waals surface area contributed by atoms with Gasteiger partial charge in [-0.15, -0.1) is 30.1 Å². The summed E-state index contributed by atoms with van der Waals surface area (Å²) in [5, 5.41) is 0.